The first-order valence-electron chi connectivity index (χ1n) is 10.5. The van der Waals surface area contributed by atoms with E-state index in [0.717, 1.165) is 56.2 Å². The zero-order valence-electron chi connectivity index (χ0n) is 17.8. The number of carbonyl (C=O) groups is 1. The maximum Gasteiger partial charge on any atom is 0.308 e. The summed E-state index contributed by atoms with van der Waals surface area (Å²) in [5.74, 6) is 1.67. The molecule has 0 amide bonds. The van der Waals surface area contributed by atoms with Crippen LogP contribution in [0.5, 0.6) is 5.75 Å². The number of hydrogen-bond donors (Lipinski definition) is 1. The molecule has 1 saturated heterocycles. The van der Waals surface area contributed by atoms with Crippen molar-refractivity contribution in [3.05, 3.63) is 65.7 Å². The minimum Gasteiger partial charge on any atom is -0.489 e. The van der Waals surface area contributed by atoms with Gasteiger partial charge >= 0.3 is 5.97 Å². The lowest BCUT2D eigenvalue weighted by Gasteiger charge is -2.33. The molecule has 6 nitrogen and oxygen atoms in total. The van der Waals surface area contributed by atoms with Crippen LogP contribution in [0.2, 0.25) is 0 Å². The van der Waals surface area contributed by atoms with Gasteiger partial charge in [0.2, 0.25) is 0 Å². The second-order valence-corrected chi connectivity index (χ2v) is 7.43. The average Bonchev–Trinajstić information content (AvgIpc) is 2.81. The predicted molar refractivity (Wildman–Crippen MR) is 119 cm³/mol. The standard InChI is InChI=1S/C24H31N3O3/c1-25-24(27-16-13-21(14-17-27)23(28)29-2)26-15-12-19-8-10-22(11-9-19)30-18-20-6-4-3-5-7-20/h3-11,21H,12-18H2,1-2H3,(H,25,26). The van der Waals surface area contributed by atoms with Crippen LogP contribution in [0.1, 0.15) is 24.0 Å². The summed E-state index contributed by atoms with van der Waals surface area (Å²) in [5.41, 5.74) is 2.40. The fourth-order valence-corrected chi connectivity index (χ4v) is 3.64. The highest BCUT2D eigenvalue weighted by Crippen LogP contribution is 2.18. The van der Waals surface area contributed by atoms with Gasteiger partial charge in [-0.3, -0.25) is 9.79 Å². The van der Waals surface area contributed by atoms with Crippen molar-refractivity contribution >= 4 is 11.9 Å². The van der Waals surface area contributed by atoms with E-state index < -0.39 is 0 Å². The summed E-state index contributed by atoms with van der Waals surface area (Å²) in [4.78, 5) is 18.3. The van der Waals surface area contributed by atoms with E-state index in [-0.39, 0.29) is 11.9 Å². The molecule has 0 aromatic heterocycles. The maximum absolute atomic E-state index is 11.7. The van der Waals surface area contributed by atoms with Crippen molar-refractivity contribution in [1.82, 2.24) is 10.2 Å². The van der Waals surface area contributed by atoms with Crippen LogP contribution < -0.4 is 10.1 Å². The number of hydrogen-bond acceptors (Lipinski definition) is 4. The fourth-order valence-electron chi connectivity index (χ4n) is 3.64. The highest BCUT2D eigenvalue weighted by Gasteiger charge is 2.26. The zero-order valence-corrected chi connectivity index (χ0v) is 17.8. The van der Waals surface area contributed by atoms with Gasteiger partial charge in [-0.1, -0.05) is 42.5 Å². The molecule has 1 heterocycles. The number of methoxy groups -OCH3 is 1. The van der Waals surface area contributed by atoms with Gasteiger partial charge in [-0.15, -0.1) is 0 Å². The van der Waals surface area contributed by atoms with E-state index in [9.17, 15) is 4.79 Å². The van der Waals surface area contributed by atoms with E-state index >= 15 is 0 Å². The largest absolute Gasteiger partial charge is 0.489 e. The first kappa shape index (κ1) is 21.7. The van der Waals surface area contributed by atoms with Crippen LogP contribution in [0.25, 0.3) is 0 Å². The van der Waals surface area contributed by atoms with Crippen molar-refractivity contribution in [2.75, 3.05) is 33.8 Å². The molecule has 0 atom stereocenters. The Morgan fingerprint density at radius 2 is 1.77 bits per heavy atom. The summed E-state index contributed by atoms with van der Waals surface area (Å²) in [6.07, 6.45) is 2.51. The van der Waals surface area contributed by atoms with Gasteiger partial charge in [0.05, 0.1) is 13.0 Å². The summed E-state index contributed by atoms with van der Waals surface area (Å²) in [7, 11) is 3.25. The molecule has 0 unspecified atom stereocenters. The minimum atomic E-state index is -0.103. The van der Waals surface area contributed by atoms with E-state index in [1.165, 1.54) is 12.7 Å². The number of ether oxygens (including phenoxy) is 2. The molecule has 160 valence electrons. The van der Waals surface area contributed by atoms with Crippen LogP contribution in [0.15, 0.2) is 59.6 Å². The highest BCUT2D eigenvalue weighted by molar-refractivity contribution is 5.80. The summed E-state index contributed by atoms with van der Waals surface area (Å²) < 4.78 is 10.7. The molecule has 0 bridgehead atoms. The number of guanidine groups is 1. The molecule has 1 aliphatic rings. The summed E-state index contributed by atoms with van der Waals surface area (Å²) in [6.45, 7) is 3.00. The van der Waals surface area contributed by atoms with Gasteiger partial charge in [-0.2, -0.15) is 0 Å². The highest BCUT2D eigenvalue weighted by atomic mass is 16.5. The lowest BCUT2D eigenvalue weighted by molar-refractivity contribution is -0.146. The van der Waals surface area contributed by atoms with Gasteiger partial charge in [0, 0.05) is 26.7 Å². The smallest absolute Gasteiger partial charge is 0.308 e. The lowest BCUT2D eigenvalue weighted by Crippen LogP contribution is -2.47. The van der Waals surface area contributed by atoms with E-state index in [0.29, 0.717) is 6.61 Å². The second kappa shape index (κ2) is 11.2. The first-order chi connectivity index (χ1) is 14.7. The first-order valence-corrected chi connectivity index (χ1v) is 10.5. The molecule has 1 fully saturated rings. The summed E-state index contributed by atoms with van der Waals surface area (Å²) in [6, 6.07) is 18.4. The number of likely N-dealkylation sites (tertiary alicyclic amines) is 1. The minimum absolute atomic E-state index is 0.00646. The number of nitrogens with zero attached hydrogens (tertiary/aromatic N) is 2. The van der Waals surface area contributed by atoms with Crippen molar-refractivity contribution in [3.63, 3.8) is 0 Å². The predicted octanol–water partition coefficient (Wildman–Crippen LogP) is 3.27. The van der Waals surface area contributed by atoms with E-state index in [4.69, 9.17) is 9.47 Å². The number of piperidine rings is 1. The van der Waals surface area contributed by atoms with Gasteiger partial charge in [-0.05, 0) is 42.5 Å². The van der Waals surface area contributed by atoms with Gasteiger partial charge in [0.25, 0.3) is 0 Å². The van der Waals surface area contributed by atoms with Crippen LogP contribution in [-0.2, 0) is 22.6 Å². The maximum atomic E-state index is 11.7. The van der Waals surface area contributed by atoms with Crippen molar-refractivity contribution in [2.45, 2.75) is 25.9 Å². The lowest BCUT2D eigenvalue weighted by atomic mass is 9.97. The molecular formula is C24H31N3O3. The zero-order chi connectivity index (χ0) is 21.2. The number of esters is 1. The number of carbonyl (C=O) groups excluding carboxylic acids is 1. The van der Waals surface area contributed by atoms with Gasteiger partial charge in [0.15, 0.2) is 5.96 Å². The molecule has 2 aromatic rings. The van der Waals surface area contributed by atoms with E-state index in [1.54, 1.807) is 7.05 Å². The number of rotatable bonds is 7. The van der Waals surface area contributed by atoms with Gasteiger partial charge in [-0.25, -0.2) is 0 Å². The molecule has 3 rings (SSSR count). The molecule has 0 saturated carbocycles. The molecule has 30 heavy (non-hydrogen) atoms. The van der Waals surface area contributed by atoms with E-state index in [2.05, 4.69) is 39.5 Å². The molecular weight excluding hydrogens is 378 g/mol. The monoisotopic (exact) mass is 409 g/mol. The van der Waals surface area contributed by atoms with Crippen molar-refractivity contribution in [2.24, 2.45) is 10.9 Å². The van der Waals surface area contributed by atoms with Crippen LogP contribution in [0, 0.1) is 5.92 Å². The second-order valence-electron chi connectivity index (χ2n) is 7.43. The number of aliphatic imine (C=N–C) groups is 1. The number of nitrogens with one attached hydrogen (secondary N) is 1. The van der Waals surface area contributed by atoms with Crippen molar-refractivity contribution in [3.8, 4) is 5.75 Å². The van der Waals surface area contributed by atoms with Crippen LogP contribution in [-0.4, -0.2) is 50.6 Å². The normalized spacial score (nSPS) is 15.0. The van der Waals surface area contributed by atoms with Crippen LogP contribution in [0.3, 0.4) is 0 Å². The third-order valence-corrected chi connectivity index (χ3v) is 5.41. The third-order valence-electron chi connectivity index (χ3n) is 5.41. The quantitative estimate of drug-likeness (QED) is 0.432. The summed E-state index contributed by atoms with van der Waals surface area (Å²) in [5, 5.41) is 3.44. The van der Waals surface area contributed by atoms with Crippen molar-refractivity contribution < 1.29 is 14.3 Å². The molecule has 2 aromatic carbocycles. The molecule has 0 radical (unpaired) electrons. The Bertz CT molecular complexity index is 813. The SMILES string of the molecule is CN=C(NCCc1ccc(OCc2ccccc2)cc1)N1CCC(C(=O)OC)CC1. The third kappa shape index (κ3) is 6.24. The Labute approximate surface area is 178 Å². The van der Waals surface area contributed by atoms with E-state index in [1.807, 2.05) is 30.3 Å². The van der Waals surface area contributed by atoms with Crippen molar-refractivity contribution in [1.29, 1.82) is 0 Å². The topological polar surface area (TPSA) is 63.2 Å². The Morgan fingerprint density at radius 3 is 2.40 bits per heavy atom. The van der Waals surface area contributed by atoms with Crippen LogP contribution in [0.4, 0.5) is 0 Å². The van der Waals surface area contributed by atoms with Gasteiger partial charge < -0.3 is 19.7 Å². The number of benzene rings is 2. The summed E-state index contributed by atoms with van der Waals surface area (Å²) >= 11 is 0. The molecule has 0 aliphatic carbocycles. The van der Waals surface area contributed by atoms with Gasteiger partial charge in [0.1, 0.15) is 12.4 Å². The molecule has 0 spiro atoms. The molecule has 1 N–H and O–H groups in total. The average molecular weight is 410 g/mol. The Balaban J connectivity index is 1.40. The molecule has 1 aliphatic heterocycles. The van der Waals surface area contributed by atoms with Crippen LogP contribution >= 0.6 is 0 Å². The Hall–Kier alpha value is -3.02. The Kier molecular flexibility index (Phi) is 8.12. The Morgan fingerprint density at radius 1 is 1.07 bits per heavy atom. The fraction of sp³-hybridized carbons (Fsp3) is 0.417. The molecule has 6 heteroatoms.